The number of carbonyl (C=O) groups excluding carboxylic acids is 1. The van der Waals surface area contributed by atoms with E-state index in [1.165, 1.54) is 6.26 Å². The van der Waals surface area contributed by atoms with Gasteiger partial charge < -0.3 is 10.2 Å². The summed E-state index contributed by atoms with van der Waals surface area (Å²) in [5, 5.41) is 2.98. The maximum atomic E-state index is 11.9. The Hall–Kier alpha value is -0.620. The highest BCUT2D eigenvalue weighted by molar-refractivity contribution is 7.90. The lowest BCUT2D eigenvalue weighted by Crippen LogP contribution is -2.42. The number of sulfone groups is 1. The van der Waals surface area contributed by atoms with E-state index >= 15 is 0 Å². The van der Waals surface area contributed by atoms with Crippen molar-refractivity contribution in [2.45, 2.75) is 32.7 Å². The molecule has 0 aromatic heterocycles. The summed E-state index contributed by atoms with van der Waals surface area (Å²) in [6.07, 6.45) is 2.43. The lowest BCUT2D eigenvalue weighted by molar-refractivity contribution is -0.132. The van der Waals surface area contributed by atoms with E-state index in [1.54, 1.807) is 11.8 Å². The Morgan fingerprint density at radius 1 is 1.41 bits per heavy atom. The Morgan fingerprint density at radius 2 is 2.00 bits per heavy atom. The van der Waals surface area contributed by atoms with E-state index in [2.05, 4.69) is 5.32 Å². The molecule has 1 N–H and O–H groups in total. The first kappa shape index (κ1) is 16.4. The fourth-order valence-corrected chi connectivity index (χ4v) is 2.88. The van der Waals surface area contributed by atoms with Gasteiger partial charge in [0.05, 0.1) is 5.75 Å². The van der Waals surface area contributed by atoms with Crippen LogP contribution in [0.2, 0.25) is 0 Å². The van der Waals surface area contributed by atoms with Crippen LogP contribution in [0.25, 0.3) is 0 Å². The summed E-state index contributed by atoms with van der Waals surface area (Å²) in [6, 6.07) is -0.253. The van der Waals surface area contributed by atoms with Gasteiger partial charge in [0.1, 0.15) is 9.84 Å². The summed E-state index contributed by atoms with van der Waals surface area (Å²) in [5.41, 5.74) is 0. The normalized spacial score (nSPS) is 13.4. The number of rotatable bonds is 8. The van der Waals surface area contributed by atoms with Crippen LogP contribution in [-0.2, 0) is 14.6 Å². The van der Waals surface area contributed by atoms with Gasteiger partial charge >= 0.3 is 0 Å². The SMILES string of the molecule is CCN(C(=O)CCCNC)C(C)CS(C)(=O)=O. The minimum absolute atomic E-state index is 0.0264. The predicted octanol–water partition coefficient (Wildman–Crippen LogP) is 0.268. The summed E-state index contributed by atoms with van der Waals surface area (Å²) >= 11 is 0. The van der Waals surface area contributed by atoms with E-state index in [-0.39, 0.29) is 17.7 Å². The van der Waals surface area contributed by atoms with Gasteiger partial charge in [0.2, 0.25) is 5.91 Å². The van der Waals surface area contributed by atoms with E-state index in [1.807, 2.05) is 14.0 Å². The molecule has 17 heavy (non-hydrogen) atoms. The molecule has 102 valence electrons. The maximum Gasteiger partial charge on any atom is 0.222 e. The lowest BCUT2D eigenvalue weighted by atomic mass is 10.2. The first-order chi connectivity index (χ1) is 7.81. The molecule has 0 aromatic carbocycles. The fraction of sp³-hybridized carbons (Fsp3) is 0.909. The molecule has 0 aliphatic carbocycles. The molecule has 1 unspecified atom stereocenters. The van der Waals surface area contributed by atoms with E-state index in [4.69, 9.17) is 0 Å². The van der Waals surface area contributed by atoms with Crippen LogP contribution >= 0.6 is 0 Å². The topological polar surface area (TPSA) is 66.5 Å². The van der Waals surface area contributed by atoms with Crippen molar-refractivity contribution in [1.82, 2.24) is 10.2 Å². The van der Waals surface area contributed by atoms with Gasteiger partial charge in [0, 0.05) is 25.3 Å². The molecule has 5 nitrogen and oxygen atoms in total. The zero-order chi connectivity index (χ0) is 13.5. The van der Waals surface area contributed by atoms with Gasteiger partial charge in [-0.15, -0.1) is 0 Å². The Bertz CT molecular complexity index is 328. The molecule has 0 saturated heterocycles. The first-order valence-electron chi connectivity index (χ1n) is 5.93. The van der Waals surface area contributed by atoms with Crippen molar-refractivity contribution in [3.63, 3.8) is 0 Å². The van der Waals surface area contributed by atoms with Crippen molar-refractivity contribution in [3.8, 4) is 0 Å². The molecule has 6 heteroatoms. The fourth-order valence-electron chi connectivity index (χ4n) is 1.82. The molecule has 1 amide bonds. The molecule has 0 saturated carbocycles. The predicted molar refractivity (Wildman–Crippen MR) is 69.7 cm³/mol. The van der Waals surface area contributed by atoms with Crippen LogP contribution < -0.4 is 5.32 Å². The summed E-state index contributed by atoms with van der Waals surface area (Å²) in [6.45, 7) is 4.99. The quantitative estimate of drug-likeness (QED) is 0.639. The Morgan fingerprint density at radius 3 is 2.41 bits per heavy atom. The third kappa shape index (κ3) is 7.33. The highest BCUT2D eigenvalue weighted by Crippen LogP contribution is 2.06. The molecule has 0 heterocycles. The van der Waals surface area contributed by atoms with Gasteiger partial charge in [0.25, 0.3) is 0 Å². The van der Waals surface area contributed by atoms with Crippen LogP contribution in [0.4, 0.5) is 0 Å². The molecule has 0 bridgehead atoms. The van der Waals surface area contributed by atoms with Crippen molar-refractivity contribution >= 4 is 15.7 Å². The second kappa shape index (κ2) is 7.66. The van der Waals surface area contributed by atoms with Gasteiger partial charge in [-0.05, 0) is 33.9 Å². The molecule has 0 aromatic rings. The number of nitrogens with one attached hydrogen (secondary N) is 1. The molecular formula is C11H24N2O3S. The second-order valence-corrected chi connectivity index (χ2v) is 6.51. The molecular weight excluding hydrogens is 240 g/mol. The minimum Gasteiger partial charge on any atom is -0.339 e. The van der Waals surface area contributed by atoms with E-state index in [0.717, 1.165) is 13.0 Å². The summed E-state index contributed by atoms with van der Waals surface area (Å²) < 4.78 is 22.4. The summed E-state index contributed by atoms with van der Waals surface area (Å²) in [4.78, 5) is 13.5. The molecule has 0 aliphatic rings. The van der Waals surface area contributed by atoms with Crippen molar-refractivity contribution in [2.75, 3.05) is 32.1 Å². The number of amides is 1. The Balaban J connectivity index is 4.34. The monoisotopic (exact) mass is 264 g/mol. The molecule has 0 radical (unpaired) electrons. The lowest BCUT2D eigenvalue weighted by Gasteiger charge is -2.27. The summed E-state index contributed by atoms with van der Waals surface area (Å²) in [7, 11) is -1.20. The number of carbonyl (C=O) groups is 1. The van der Waals surface area contributed by atoms with E-state index in [9.17, 15) is 13.2 Å². The average Bonchev–Trinajstić information content (AvgIpc) is 2.16. The Kier molecular flexibility index (Phi) is 7.38. The van der Waals surface area contributed by atoms with E-state index in [0.29, 0.717) is 13.0 Å². The van der Waals surface area contributed by atoms with Crippen molar-refractivity contribution in [1.29, 1.82) is 0 Å². The smallest absolute Gasteiger partial charge is 0.222 e. The van der Waals surface area contributed by atoms with Gasteiger partial charge in [-0.1, -0.05) is 0 Å². The van der Waals surface area contributed by atoms with Crippen LogP contribution in [-0.4, -0.2) is 57.4 Å². The molecule has 0 aliphatic heterocycles. The third-order valence-electron chi connectivity index (χ3n) is 2.55. The highest BCUT2D eigenvalue weighted by atomic mass is 32.2. The van der Waals surface area contributed by atoms with Gasteiger partial charge in [0.15, 0.2) is 0 Å². The van der Waals surface area contributed by atoms with Crippen LogP contribution in [0.1, 0.15) is 26.7 Å². The zero-order valence-corrected chi connectivity index (χ0v) is 12.0. The number of hydrogen-bond acceptors (Lipinski definition) is 4. The van der Waals surface area contributed by atoms with Gasteiger partial charge in [-0.3, -0.25) is 4.79 Å². The highest BCUT2D eigenvalue weighted by Gasteiger charge is 2.21. The Labute approximate surface area is 104 Å². The van der Waals surface area contributed by atoms with E-state index < -0.39 is 9.84 Å². The van der Waals surface area contributed by atoms with Gasteiger partial charge in [-0.25, -0.2) is 8.42 Å². The summed E-state index contributed by atoms with van der Waals surface area (Å²) in [5.74, 6) is 0.0532. The van der Waals surface area contributed by atoms with Crippen molar-refractivity contribution in [3.05, 3.63) is 0 Å². The zero-order valence-electron chi connectivity index (χ0n) is 11.2. The van der Waals surface area contributed by atoms with Crippen molar-refractivity contribution in [2.24, 2.45) is 0 Å². The molecule has 0 rings (SSSR count). The minimum atomic E-state index is -3.04. The van der Waals surface area contributed by atoms with Crippen molar-refractivity contribution < 1.29 is 13.2 Å². The average molecular weight is 264 g/mol. The largest absolute Gasteiger partial charge is 0.339 e. The van der Waals surface area contributed by atoms with Crippen LogP contribution in [0.15, 0.2) is 0 Å². The van der Waals surface area contributed by atoms with Crippen LogP contribution in [0, 0.1) is 0 Å². The first-order valence-corrected chi connectivity index (χ1v) is 7.99. The number of nitrogens with zero attached hydrogens (tertiary/aromatic N) is 1. The van der Waals surface area contributed by atoms with Crippen LogP contribution in [0.5, 0.6) is 0 Å². The maximum absolute atomic E-state index is 11.9. The standard InChI is InChI=1S/C11H24N2O3S/c1-5-13(10(2)9-17(4,15)16)11(14)7-6-8-12-3/h10,12H,5-9H2,1-4H3. The third-order valence-corrected chi connectivity index (χ3v) is 3.64. The molecule has 0 fully saturated rings. The number of hydrogen-bond donors (Lipinski definition) is 1. The second-order valence-electron chi connectivity index (χ2n) is 4.33. The molecule has 1 atom stereocenters. The molecule has 0 spiro atoms. The van der Waals surface area contributed by atoms with Gasteiger partial charge in [-0.2, -0.15) is 0 Å². The van der Waals surface area contributed by atoms with Crippen LogP contribution in [0.3, 0.4) is 0 Å².